The molecule has 1 aromatic rings. The molecule has 0 fully saturated rings. The van der Waals surface area contributed by atoms with Crippen molar-refractivity contribution in [2.45, 2.75) is 26.7 Å². The SMILES string of the molecule is CCCN(CCC)C(=O)CN(c1cccc(C#N)c1)S(C)(=O)=O. The maximum Gasteiger partial charge on any atom is 0.243 e. The third kappa shape index (κ3) is 5.57. The zero-order valence-corrected chi connectivity index (χ0v) is 14.6. The number of amides is 1. The van der Waals surface area contributed by atoms with Crippen LogP contribution in [0, 0.1) is 11.3 Å². The summed E-state index contributed by atoms with van der Waals surface area (Å²) in [4.78, 5) is 14.1. The molecule has 1 rings (SSSR count). The summed E-state index contributed by atoms with van der Waals surface area (Å²) in [5.41, 5.74) is 0.676. The predicted molar refractivity (Wildman–Crippen MR) is 90.5 cm³/mol. The molecule has 0 bridgehead atoms. The van der Waals surface area contributed by atoms with Crippen LogP contribution in [0.2, 0.25) is 0 Å². The second-order valence-corrected chi connectivity index (χ2v) is 7.22. The van der Waals surface area contributed by atoms with Gasteiger partial charge in [-0.05, 0) is 31.0 Å². The number of hydrogen-bond acceptors (Lipinski definition) is 4. The molecule has 7 heteroatoms. The van der Waals surface area contributed by atoms with Crippen LogP contribution >= 0.6 is 0 Å². The molecule has 23 heavy (non-hydrogen) atoms. The van der Waals surface area contributed by atoms with Crippen molar-refractivity contribution in [3.63, 3.8) is 0 Å². The van der Waals surface area contributed by atoms with Gasteiger partial charge in [-0.2, -0.15) is 5.26 Å². The average molecular weight is 337 g/mol. The molecule has 0 unspecified atom stereocenters. The van der Waals surface area contributed by atoms with Crippen LogP contribution in [-0.4, -0.2) is 45.1 Å². The minimum absolute atomic E-state index is 0.235. The van der Waals surface area contributed by atoms with Crippen LogP contribution in [0.5, 0.6) is 0 Å². The Hall–Kier alpha value is -2.07. The summed E-state index contributed by atoms with van der Waals surface area (Å²) < 4.78 is 25.2. The Morgan fingerprint density at radius 2 is 1.83 bits per heavy atom. The number of rotatable bonds is 8. The summed E-state index contributed by atoms with van der Waals surface area (Å²) in [6.45, 7) is 4.89. The molecule has 126 valence electrons. The van der Waals surface area contributed by atoms with Gasteiger partial charge in [0.05, 0.1) is 23.6 Å². The Balaban J connectivity index is 3.09. The van der Waals surface area contributed by atoms with Gasteiger partial charge >= 0.3 is 0 Å². The van der Waals surface area contributed by atoms with Gasteiger partial charge in [0.15, 0.2) is 0 Å². The van der Waals surface area contributed by atoms with Crippen molar-refractivity contribution in [2.75, 3.05) is 30.2 Å². The number of hydrogen-bond donors (Lipinski definition) is 0. The molecule has 0 radical (unpaired) electrons. The molecule has 1 aromatic carbocycles. The van der Waals surface area contributed by atoms with Crippen molar-refractivity contribution in [2.24, 2.45) is 0 Å². The number of benzene rings is 1. The third-order valence-electron chi connectivity index (χ3n) is 3.28. The maximum absolute atomic E-state index is 12.5. The molecule has 0 aliphatic heterocycles. The van der Waals surface area contributed by atoms with Gasteiger partial charge < -0.3 is 4.90 Å². The zero-order chi connectivity index (χ0) is 17.5. The smallest absolute Gasteiger partial charge is 0.243 e. The number of anilines is 1. The summed E-state index contributed by atoms with van der Waals surface area (Å²) in [5.74, 6) is -0.235. The van der Waals surface area contributed by atoms with Crippen molar-refractivity contribution in [3.8, 4) is 6.07 Å². The van der Waals surface area contributed by atoms with Crippen molar-refractivity contribution < 1.29 is 13.2 Å². The minimum atomic E-state index is -3.62. The highest BCUT2D eigenvalue weighted by atomic mass is 32.2. The molecule has 0 N–H and O–H groups in total. The van der Waals surface area contributed by atoms with E-state index >= 15 is 0 Å². The van der Waals surface area contributed by atoms with E-state index in [0.29, 0.717) is 24.3 Å². The number of carbonyl (C=O) groups excluding carboxylic acids is 1. The van der Waals surface area contributed by atoms with E-state index in [1.807, 2.05) is 19.9 Å². The van der Waals surface area contributed by atoms with Gasteiger partial charge in [-0.1, -0.05) is 19.9 Å². The molecule has 0 aliphatic carbocycles. The van der Waals surface area contributed by atoms with Gasteiger partial charge in [0.1, 0.15) is 6.54 Å². The van der Waals surface area contributed by atoms with E-state index in [9.17, 15) is 13.2 Å². The fraction of sp³-hybridized carbons (Fsp3) is 0.500. The normalized spacial score (nSPS) is 10.9. The fourth-order valence-electron chi connectivity index (χ4n) is 2.25. The van der Waals surface area contributed by atoms with Gasteiger partial charge in [-0.25, -0.2) is 8.42 Å². The highest BCUT2D eigenvalue weighted by molar-refractivity contribution is 7.92. The van der Waals surface area contributed by atoms with E-state index in [-0.39, 0.29) is 12.5 Å². The number of nitriles is 1. The summed E-state index contributed by atoms with van der Waals surface area (Å²) in [5, 5.41) is 8.96. The topological polar surface area (TPSA) is 81.5 Å². The van der Waals surface area contributed by atoms with Gasteiger partial charge in [0.2, 0.25) is 15.9 Å². The fourth-order valence-corrected chi connectivity index (χ4v) is 3.10. The minimum Gasteiger partial charge on any atom is -0.341 e. The third-order valence-corrected chi connectivity index (χ3v) is 4.42. The molecule has 0 aliphatic rings. The molecular weight excluding hydrogens is 314 g/mol. The van der Waals surface area contributed by atoms with Crippen molar-refractivity contribution in [1.82, 2.24) is 4.90 Å². The molecular formula is C16H23N3O3S. The summed E-state index contributed by atoms with van der Waals surface area (Å²) in [6, 6.07) is 8.22. The Morgan fingerprint density at radius 3 is 2.30 bits per heavy atom. The first kappa shape index (κ1) is 19.0. The van der Waals surface area contributed by atoms with Gasteiger partial charge in [-0.15, -0.1) is 0 Å². The van der Waals surface area contributed by atoms with Crippen molar-refractivity contribution in [1.29, 1.82) is 5.26 Å². The molecule has 1 amide bonds. The first-order valence-corrected chi connectivity index (χ1v) is 9.44. The highest BCUT2D eigenvalue weighted by Crippen LogP contribution is 2.19. The van der Waals surface area contributed by atoms with Crippen LogP contribution in [0.1, 0.15) is 32.3 Å². The van der Waals surface area contributed by atoms with E-state index in [0.717, 1.165) is 23.4 Å². The summed E-state index contributed by atoms with van der Waals surface area (Å²) in [6.07, 6.45) is 2.69. The number of nitrogens with zero attached hydrogens (tertiary/aromatic N) is 3. The van der Waals surface area contributed by atoms with Crippen molar-refractivity contribution >= 4 is 21.6 Å². The predicted octanol–water partition coefficient (Wildman–Crippen LogP) is 1.97. The molecule has 0 spiro atoms. The Morgan fingerprint density at radius 1 is 1.22 bits per heavy atom. The zero-order valence-electron chi connectivity index (χ0n) is 13.8. The molecule has 0 heterocycles. The van der Waals surface area contributed by atoms with E-state index in [4.69, 9.17) is 5.26 Å². The summed E-state index contributed by atoms with van der Waals surface area (Å²) >= 11 is 0. The Bertz CT molecular complexity index is 674. The van der Waals surface area contributed by atoms with Crippen LogP contribution in [0.15, 0.2) is 24.3 Å². The Kier molecular flexibility index (Phi) is 7.04. The molecule has 0 saturated heterocycles. The highest BCUT2D eigenvalue weighted by Gasteiger charge is 2.23. The van der Waals surface area contributed by atoms with Crippen LogP contribution < -0.4 is 4.31 Å². The maximum atomic E-state index is 12.5. The lowest BCUT2D eigenvalue weighted by Crippen LogP contribution is -2.43. The van der Waals surface area contributed by atoms with Crippen molar-refractivity contribution in [3.05, 3.63) is 29.8 Å². The van der Waals surface area contributed by atoms with E-state index < -0.39 is 10.0 Å². The van der Waals surface area contributed by atoms with E-state index in [2.05, 4.69) is 0 Å². The van der Waals surface area contributed by atoms with Gasteiger partial charge in [-0.3, -0.25) is 9.10 Å². The van der Waals surface area contributed by atoms with Gasteiger partial charge in [0, 0.05) is 13.1 Å². The summed E-state index contributed by atoms with van der Waals surface area (Å²) in [7, 11) is -3.62. The monoisotopic (exact) mass is 337 g/mol. The quantitative estimate of drug-likeness (QED) is 0.726. The van der Waals surface area contributed by atoms with E-state index in [1.165, 1.54) is 6.07 Å². The molecule has 0 saturated carbocycles. The first-order chi connectivity index (χ1) is 10.8. The van der Waals surface area contributed by atoms with Crippen LogP contribution in [-0.2, 0) is 14.8 Å². The largest absolute Gasteiger partial charge is 0.341 e. The van der Waals surface area contributed by atoms with Crippen LogP contribution in [0.3, 0.4) is 0 Å². The number of sulfonamides is 1. The molecule has 0 atom stereocenters. The lowest BCUT2D eigenvalue weighted by molar-refractivity contribution is -0.129. The standard InChI is InChI=1S/C16H23N3O3S/c1-4-9-18(10-5-2)16(20)13-19(23(3,21)22)15-8-6-7-14(11-15)12-17/h6-8,11H,4-5,9-10,13H2,1-3H3. The lowest BCUT2D eigenvalue weighted by Gasteiger charge is -2.27. The number of carbonyl (C=O) groups is 1. The first-order valence-electron chi connectivity index (χ1n) is 7.59. The molecule has 6 nitrogen and oxygen atoms in total. The van der Waals surface area contributed by atoms with Crippen LogP contribution in [0.4, 0.5) is 5.69 Å². The van der Waals surface area contributed by atoms with Crippen LogP contribution in [0.25, 0.3) is 0 Å². The Labute approximate surface area is 138 Å². The van der Waals surface area contributed by atoms with Gasteiger partial charge in [0.25, 0.3) is 0 Å². The molecule has 0 aromatic heterocycles. The average Bonchev–Trinajstić information content (AvgIpc) is 2.51. The second kappa shape index (κ2) is 8.53. The lowest BCUT2D eigenvalue weighted by atomic mass is 10.2. The van der Waals surface area contributed by atoms with E-state index in [1.54, 1.807) is 23.1 Å². The second-order valence-electron chi connectivity index (χ2n) is 5.31.